The van der Waals surface area contributed by atoms with E-state index in [0.717, 1.165) is 82.9 Å². The zero-order valence-corrected chi connectivity index (χ0v) is 32.2. The molecule has 0 fully saturated rings. The van der Waals surface area contributed by atoms with Gasteiger partial charge in [0.2, 0.25) is 0 Å². The number of anilines is 3. The second kappa shape index (κ2) is 12.3. The molecule has 9 aromatic carbocycles. The Morgan fingerprint density at radius 1 is 0.397 bits per heavy atom. The van der Waals surface area contributed by atoms with E-state index in [9.17, 15) is 0 Å². The number of hydrogen-bond donors (Lipinski definition) is 0. The summed E-state index contributed by atoms with van der Waals surface area (Å²) >= 11 is 0. The third kappa shape index (κ3) is 4.80. The standard InChI is InChI=1S/C55H37NO2/c1-55(2)47-18-8-5-15-41(47)44-17-11-20-49(53(44)55)56(38-27-22-34(23-28-38)36-25-29-43-42-16-7-10-21-50(42)57-52(43)33-36)48-19-9-6-13-39(48)37-26-31-51-46(32-37)45-30-24-35-12-3-4-14-40(35)54(45)58-51/h3-33H,1-2H3. The third-order valence-electron chi connectivity index (χ3n) is 12.5. The Labute approximate surface area is 336 Å². The average molecular weight is 744 g/mol. The molecule has 0 aliphatic heterocycles. The predicted molar refractivity (Wildman–Crippen MR) is 242 cm³/mol. The summed E-state index contributed by atoms with van der Waals surface area (Å²) in [6, 6.07) is 67.8. The van der Waals surface area contributed by atoms with Crippen LogP contribution in [0.3, 0.4) is 0 Å². The van der Waals surface area contributed by atoms with Crippen molar-refractivity contribution >= 4 is 71.7 Å². The molecular formula is C55H37NO2. The highest BCUT2D eigenvalue weighted by atomic mass is 16.3. The van der Waals surface area contributed by atoms with E-state index in [1.807, 2.05) is 12.1 Å². The van der Waals surface area contributed by atoms with E-state index >= 15 is 0 Å². The highest BCUT2D eigenvalue weighted by Crippen LogP contribution is 2.55. The Kier molecular flexibility index (Phi) is 6.98. The lowest BCUT2D eigenvalue weighted by Gasteiger charge is -2.33. The minimum absolute atomic E-state index is 0.213. The van der Waals surface area contributed by atoms with Gasteiger partial charge in [-0.3, -0.25) is 0 Å². The van der Waals surface area contributed by atoms with Crippen LogP contribution in [-0.2, 0) is 5.41 Å². The van der Waals surface area contributed by atoms with Crippen LogP contribution in [0.5, 0.6) is 0 Å². The summed E-state index contributed by atoms with van der Waals surface area (Å²) < 4.78 is 12.8. The maximum atomic E-state index is 6.55. The van der Waals surface area contributed by atoms with Crippen molar-refractivity contribution in [1.82, 2.24) is 0 Å². The number of hydrogen-bond acceptors (Lipinski definition) is 3. The molecule has 2 aromatic heterocycles. The van der Waals surface area contributed by atoms with Crippen LogP contribution in [0.4, 0.5) is 17.1 Å². The predicted octanol–water partition coefficient (Wildman–Crippen LogP) is 15.7. The molecule has 0 radical (unpaired) electrons. The van der Waals surface area contributed by atoms with Gasteiger partial charge in [0, 0.05) is 43.6 Å². The summed E-state index contributed by atoms with van der Waals surface area (Å²) in [5.41, 5.74) is 16.6. The number of para-hydroxylation sites is 2. The molecule has 0 amide bonds. The van der Waals surface area contributed by atoms with Crippen molar-refractivity contribution in [2.45, 2.75) is 19.3 Å². The summed E-state index contributed by atoms with van der Waals surface area (Å²) in [4.78, 5) is 2.47. The molecular weight excluding hydrogens is 707 g/mol. The molecule has 58 heavy (non-hydrogen) atoms. The lowest BCUT2D eigenvalue weighted by molar-refractivity contribution is 0.661. The number of nitrogens with zero attached hydrogens (tertiary/aromatic N) is 1. The summed E-state index contributed by atoms with van der Waals surface area (Å²) in [6.07, 6.45) is 0. The summed E-state index contributed by atoms with van der Waals surface area (Å²) in [5.74, 6) is 0. The van der Waals surface area contributed by atoms with Gasteiger partial charge in [-0.15, -0.1) is 0 Å². The van der Waals surface area contributed by atoms with Gasteiger partial charge in [-0.05, 0) is 105 Å². The molecule has 0 saturated heterocycles. The van der Waals surface area contributed by atoms with Gasteiger partial charge in [0.1, 0.15) is 22.3 Å². The van der Waals surface area contributed by atoms with Crippen LogP contribution in [0.25, 0.3) is 88.0 Å². The third-order valence-corrected chi connectivity index (χ3v) is 12.5. The SMILES string of the molecule is CC1(C)c2ccccc2-c2cccc(N(c3ccc(-c4ccc5c(c4)oc4ccccc45)cc3)c3ccccc3-c3ccc4oc5c6ccccc6ccc5c4c3)c21. The van der Waals surface area contributed by atoms with Gasteiger partial charge in [0.05, 0.1) is 11.4 Å². The molecule has 1 aliphatic rings. The second-order valence-electron chi connectivity index (χ2n) is 16.1. The van der Waals surface area contributed by atoms with E-state index in [-0.39, 0.29) is 5.41 Å². The number of rotatable bonds is 5. The summed E-state index contributed by atoms with van der Waals surface area (Å²) in [5, 5.41) is 6.82. The fourth-order valence-electron chi connectivity index (χ4n) is 9.71. The van der Waals surface area contributed by atoms with Crippen LogP contribution < -0.4 is 4.90 Å². The number of fused-ring (bicyclic) bond motifs is 11. The first-order valence-electron chi connectivity index (χ1n) is 20.0. The Morgan fingerprint density at radius 3 is 1.95 bits per heavy atom. The molecule has 0 N–H and O–H groups in total. The highest BCUT2D eigenvalue weighted by Gasteiger charge is 2.39. The minimum atomic E-state index is -0.213. The Balaban J connectivity index is 1.04. The largest absolute Gasteiger partial charge is 0.456 e. The Hall–Kier alpha value is -7.36. The lowest BCUT2D eigenvalue weighted by atomic mass is 9.81. The Bertz CT molecular complexity index is 3440. The van der Waals surface area contributed by atoms with Crippen molar-refractivity contribution in [3.05, 3.63) is 199 Å². The van der Waals surface area contributed by atoms with Gasteiger partial charge in [-0.2, -0.15) is 0 Å². The van der Waals surface area contributed by atoms with Gasteiger partial charge in [0.25, 0.3) is 0 Å². The monoisotopic (exact) mass is 743 g/mol. The molecule has 274 valence electrons. The fraction of sp³-hybridized carbons (Fsp3) is 0.0545. The molecule has 1 aliphatic carbocycles. The summed E-state index contributed by atoms with van der Waals surface area (Å²) in [7, 11) is 0. The van der Waals surface area contributed by atoms with Crippen molar-refractivity contribution in [2.24, 2.45) is 0 Å². The van der Waals surface area contributed by atoms with E-state index < -0.39 is 0 Å². The van der Waals surface area contributed by atoms with E-state index in [2.05, 4.69) is 195 Å². The zero-order chi connectivity index (χ0) is 38.5. The number of furan rings is 2. The second-order valence-corrected chi connectivity index (χ2v) is 16.1. The molecule has 0 saturated carbocycles. The smallest absolute Gasteiger partial charge is 0.143 e. The number of benzene rings is 9. The molecule has 2 heterocycles. The van der Waals surface area contributed by atoms with Crippen LogP contribution in [0.2, 0.25) is 0 Å². The van der Waals surface area contributed by atoms with Crippen LogP contribution >= 0.6 is 0 Å². The first-order chi connectivity index (χ1) is 28.5. The van der Waals surface area contributed by atoms with Crippen LogP contribution in [0, 0.1) is 0 Å². The van der Waals surface area contributed by atoms with Crippen molar-refractivity contribution in [1.29, 1.82) is 0 Å². The van der Waals surface area contributed by atoms with Crippen molar-refractivity contribution in [2.75, 3.05) is 4.90 Å². The van der Waals surface area contributed by atoms with Crippen LogP contribution in [-0.4, -0.2) is 0 Å². The fourth-order valence-corrected chi connectivity index (χ4v) is 9.71. The molecule has 3 nitrogen and oxygen atoms in total. The molecule has 3 heteroatoms. The van der Waals surface area contributed by atoms with Gasteiger partial charge < -0.3 is 13.7 Å². The van der Waals surface area contributed by atoms with Crippen LogP contribution in [0.15, 0.2) is 197 Å². The van der Waals surface area contributed by atoms with E-state index in [0.29, 0.717) is 0 Å². The minimum Gasteiger partial charge on any atom is -0.456 e. The molecule has 0 atom stereocenters. The molecule has 11 aromatic rings. The molecule has 12 rings (SSSR count). The van der Waals surface area contributed by atoms with Crippen LogP contribution in [0.1, 0.15) is 25.0 Å². The van der Waals surface area contributed by atoms with Gasteiger partial charge in [-0.1, -0.05) is 141 Å². The van der Waals surface area contributed by atoms with Gasteiger partial charge >= 0.3 is 0 Å². The first-order valence-corrected chi connectivity index (χ1v) is 20.0. The van der Waals surface area contributed by atoms with Crippen molar-refractivity contribution in [3.63, 3.8) is 0 Å². The topological polar surface area (TPSA) is 29.5 Å². The van der Waals surface area contributed by atoms with E-state index in [4.69, 9.17) is 8.83 Å². The quantitative estimate of drug-likeness (QED) is 0.176. The zero-order valence-electron chi connectivity index (χ0n) is 32.2. The van der Waals surface area contributed by atoms with E-state index in [1.165, 1.54) is 33.3 Å². The van der Waals surface area contributed by atoms with Gasteiger partial charge in [-0.25, -0.2) is 0 Å². The average Bonchev–Trinajstić information content (AvgIpc) is 3.91. The maximum Gasteiger partial charge on any atom is 0.143 e. The highest BCUT2D eigenvalue weighted by molar-refractivity contribution is 6.16. The van der Waals surface area contributed by atoms with E-state index in [1.54, 1.807) is 0 Å². The molecule has 0 spiro atoms. The molecule has 0 bridgehead atoms. The summed E-state index contributed by atoms with van der Waals surface area (Å²) in [6.45, 7) is 4.73. The van der Waals surface area contributed by atoms with Gasteiger partial charge in [0.15, 0.2) is 0 Å². The first kappa shape index (κ1) is 32.8. The van der Waals surface area contributed by atoms with Crippen molar-refractivity contribution < 1.29 is 8.83 Å². The maximum absolute atomic E-state index is 6.55. The normalized spacial score (nSPS) is 13.1. The van der Waals surface area contributed by atoms with Crippen molar-refractivity contribution in [3.8, 4) is 33.4 Å². The lowest BCUT2D eigenvalue weighted by Crippen LogP contribution is -2.21. The Morgan fingerprint density at radius 2 is 1.05 bits per heavy atom. The molecule has 0 unspecified atom stereocenters.